The van der Waals surface area contributed by atoms with Gasteiger partial charge in [0, 0.05) is 5.56 Å². The molecule has 0 atom stereocenters. The number of hydrogen-bond acceptors (Lipinski definition) is 4. The molecule has 28 heavy (non-hydrogen) atoms. The van der Waals surface area contributed by atoms with Crippen LogP contribution in [0.2, 0.25) is 0 Å². The normalized spacial score (nSPS) is 10.5. The van der Waals surface area contributed by atoms with Gasteiger partial charge in [0.25, 0.3) is 0 Å². The van der Waals surface area contributed by atoms with Crippen LogP contribution in [-0.4, -0.2) is 27.7 Å². The molecule has 1 aromatic heterocycles. The van der Waals surface area contributed by atoms with Crippen LogP contribution < -0.4 is 11.1 Å². The molecule has 1 heterocycles. The minimum atomic E-state index is -0.872. The molecule has 0 saturated heterocycles. The highest BCUT2D eigenvalue weighted by molar-refractivity contribution is 6.09. The fourth-order valence-electron chi connectivity index (χ4n) is 2.85. The third-order valence-corrected chi connectivity index (χ3v) is 4.10. The number of nitrogens with one attached hydrogen (secondary N) is 1. The molecule has 0 spiro atoms. The highest BCUT2D eigenvalue weighted by Gasteiger charge is 2.26. The summed E-state index contributed by atoms with van der Waals surface area (Å²) in [5, 5.41) is 0. The van der Waals surface area contributed by atoms with Crippen molar-refractivity contribution in [1.29, 1.82) is 0 Å². The first-order chi connectivity index (χ1) is 13.4. The number of ether oxygens (including phenoxy) is 1. The van der Waals surface area contributed by atoms with Crippen LogP contribution in [0.1, 0.15) is 28.7 Å². The summed E-state index contributed by atoms with van der Waals surface area (Å²) >= 11 is 0. The molecule has 8 heteroatoms. The van der Waals surface area contributed by atoms with Crippen LogP contribution in [0.25, 0.3) is 5.69 Å². The zero-order valence-corrected chi connectivity index (χ0v) is 15.3. The number of benzene rings is 2. The number of hydrogen-bond donors (Lipinski definition) is 1. The molecule has 0 fully saturated rings. The minimum Gasteiger partial charge on any atom is -0.449 e. The summed E-state index contributed by atoms with van der Waals surface area (Å²) in [4.78, 5) is 37.9. The zero-order chi connectivity index (χ0) is 20.3. The Morgan fingerprint density at radius 2 is 1.71 bits per heavy atom. The van der Waals surface area contributed by atoms with Crippen LogP contribution in [0.4, 0.5) is 9.18 Å². The molecule has 0 radical (unpaired) electrons. The molecule has 1 amide bonds. The number of carbonyl (C=O) groups excluding carboxylic acids is 2. The zero-order valence-electron chi connectivity index (χ0n) is 15.3. The molecule has 144 valence electrons. The first kappa shape index (κ1) is 19.1. The van der Waals surface area contributed by atoms with Crippen LogP contribution in [0.15, 0.2) is 59.4 Å². The van der Waals surface area contributed by atoms with E-state index < -0.39 is 23.4 Å². The summed E-state index contributed by atoms with van der Waals surface area (Å²) in [7, 11) is 0. The van der Waals surface area contributed by atoms with E-state index in [9.17, 15) is 18.8 Å². The van der Waals surface area contributed by atoms with Crippen LogP contribution in [-0.2, 0) is 4.74 Å². The van der Waals surface area contributed by atoms with Gasteiger partial charge in [-0.05, 0) is 38.1 Å². The lowest BCUT2D eigenvalue weighted by Crippen LogP contribution is -2.36. The van der Waals surface area contributed by atoms with E-state index in [2.05, 4.69) is 5.43 Å². The van der Waals surface area contributed by atoms with Crippen molar-refractivity contribution < 1.29 is 18.7 Å². The minimum absolute atomic E-state index is 0.0198. The first-order valence-corrected chi connectivity index (χ1v) is 8.57. The number of nitrogens with zero attached hydrogens (tertiary/aromatic N) is 2. The van der Waals surface area contributed by atoms with Crippen molar-refractivity contribution in [2.45, 2.75) is 13.8 Å². The fourth-order valence-corrected chi connectivity index (χ4v) is 2.85. The van der Waals surface area contributed by atoms with Gasteiger partial charge in [-0.3, -0.25) is 9.36 Å². The Labute approximate surface area is 160 Å². The molecule has 0 aliphatic heterocycles. The molecule has 3 rings (SSSR count). The number of aromatic nitrogens is 2. The Morgan fingerprint density at radius 1 is 1.07 bits per heavy atom. The standard InChI is InChI=1S/C20H18FN3O4/c1-3-28-19(26)22-24-17(18(25)14-7-5-4-6-8-14)13(2)23(20(24)27)16-11-9-15(21)10-12-16/h4-12H,3H2,1-2H3,(H,22,26). The molecular weight excluding hydrogens is 365 g/mol. The van der Waals surface area contributed by atoms with E-state index in [4.69, 9.17) is 4.74 Å². The van der Waals surface area contributed by atoms with Gasteiger partial charge in [-0.1, -0.05) is 30.3 Å². The SMILES string of the molecule is CCOC(=O)Nn1c(C(=O)c2ccccc2)c(C)n(-c2ccc(F)cc2)c1=O. The second-order valence-corrected chi connectivity index (χ2v) is 5.89. The Kier molecular flexibility index (Phi) is 5.39. The molecule has 0 aliphatic rings. The number of amides is 1. The summed E-state index contributed by atoms with van der Waals surface area (Å²) in [6.45, 7) is 3.29. The Bertz CT molecular complexity index is 1070. The smallest absolute Gasteiger partial charge is 0.426 e. The molecule has 2 aromatic carbocycles. The molecular formula is C20H18FN3O4. The van der Waals surface area contributed by atoms with Gasteiger partial charge in [-0.2, -0.15) is 4.68 Å². The average molecular weight is 383 g/mol. The number of ketones is 1. The largest absolute Gasteiger partial charge is 0.449 e. The van der Waals surface area contributed by atoms with Crippen LogP contribution in [0.3, 0.4) is 0 Å². The summed E-state index contributed by atoms with van der Waals surface area (Å²) in [6, 6.07) is 13.6. The lowest BCUT2D eigenvalue weighted by atomic mass is 10.1. The summed E-state index contributed by atoms with van der Waals surface area (Å²) < 4.78 is 20.2. The van der Waals surface area contributed by atoms with Gasteiger partial charge in [-0.25, -0.2) is 19.4 Å². The van der Waals surface area contributed by atoms with E-state index in [0.29, 0.717) is 16.9 Å². The number of imidazole rings is 1. The lowest BCUT2D eigenvalue weighted by Gasteiger charge is -2.09. The summed E-state index contributed by atoms with van der Waals surface area (Å²) in [5.74, 6) is -0.910. The van der Waals surface area contributed by atoms with Gasteiger partial charge in [0.1, 0.15) is 11.5 Å². The average Bonchev–Trinajstić information content (AvgIpc) is 2.93. The van der Waals surface area contributed by atoms with Crippen molar-refractivity contribution in [3.05, 3.63) is 87.9 Å². The van der Waals surface area contributed by atoms with Crippen molar-refractivity contribution in [2.75, 3.05) is 12.0 Å². The predicted molar refractivity (Wildman–Crippen MR) is 101 cm³/mol. The number of rotatable bonds is 5. The maximum Gasteiger partial charge on any atom is 0.426 e. The van der Waals surface area contributed by atoms with Gasteiger partial charge in [-0.15, -0.1) is 0 Å². The predicted octanol–water partition coefficient (Wildman–Crippen LogP) is 3.02. The van der Waals surface area contributed by atoms with Crippen molar-refractivity contribution >= 4 is 11.9 Å². The summed E-state index contributed by atoms with van der Waals surface area (Å²) in [5.41, 5.74) is 2.60. The monoisotopic (exact) mass is 383 g/mol. The fraction of sp³-hybridized carbons (Fsp3) is 0.150. The van der Waals surface area contributed by atoms with E-state index >= 15 is 0 Å². The van der Waals surface area contributed by atoms with Gasteiger partial charge >= 0.3 is 11.8 Å². The quantitative estimate of drug-likeness (QED) is 0.687. The maximum atomic E-state index is 13.3. The lowest BCUT2D eigenvalue weighted by molar-refractivity contribution is 0.103. The number of halogens is 1. The van der Waals surface area contributed by atoms with Crippen molar-refractivity contribution in [3.63, 3.8) is 0 Å². The summed E-state index contributed by atoms with van der Waals surface area (Å²) in [6.07, 6.45) is -0.872. The Balaban J connectivity index is 2.19. The molecule has 3 aromatic rings. The van der Waals surface area contributed by atoms with Crippen LogP contribution >= 0.6 is 0 Å². The van der Waals surface area contributed by atoms with Gasteiger partial charge in [0.05, 0.1) is 18.0 Å². The molecule has 0 saturated carbocycles. The second kappa shape index (κ2) is 7.91. The van der Waals surface area contributed by atoms with Gasteiger partial charge in [0.2, 0.25) is 5.78 Å². The van der Waals surface area contributed by atoms with E-state index in [1.807, 2.05) is 0 Å². The van der Waals surface area contributed by atoms with Crippen LogP contribution in [0.5, 0.6) is 0 Å². The third kappa shape index (κ3) is 3.57. The first-order valence-electron chi connectivity index (χ1n) is 8.57. The van der Waals surface area contributed by atoms with Gasteiger partial charge in [0.15, 0.2) is 0 Å². The number of carbonyl (C=O) groups is 2. The van der Waals surface area contributed by atoms with E-state index in [1.165, 1.54) is 28.8 Å². The molecule has 7 nitrogen and oxygen atoms in total. The van der Waals surface area contributed by atoms with Crippen LogP contribution in [0, 0.1) is 12.7 Å². The topological polar surface area (TPSA) is 82.3 Å². The highest BCUT2D eigenvalue weighted by atomic mass is 19.1. The Hall–Kier alpha value is -3.68. The maximum absolute atomic E-state index is 13.3. The highest BCUT2D eigenvalue weighted by Crippen LogP contribution is 2.17. The van der Waals surface area contributed by atoms with Gasteiger partial charge < -0.3 is 4.74 Å². The van der Waals surface area contributed by atoms with E-state index in [0.717, 1.165) is 4.68 Å². The molecule has 1 N–H and O–H groups in total. The molecule has 0 bridgehead atoms. The Morgan fingerprint density at radius 3 is 2.32 bits per heavy atom. The van der Waals surface area contributed by atoms with E-state index in [-0.39, 0.29) is 12.3 Å². The second-order valence-electron chi connectivity index (χ2n) is 5.89. The van der Waals surface area contributed by atoms with E-state index in [1.54, 1.807) is 44.2 Å². The third-order valence-electron chi connectivity index (χ3n) is 4.10. The van der Waals surface area contributed by atoms with Crippen molar-refractivity contribution in [2.24, 2.45) is 0 Å². The van der Waals surface area contributed by atoms with Crippen molar-refractivity contribution in [3.8, 4) is 5.69 Å². The molecule has 0 unspecified atom stereocenters. The molecule has 0 aliphatic carbocycles. The van der Waals surface area contributed by atoms with Crippen molar-refractivity contribution in [1.82, 2.24) is 9.24 Å².